The number of nitrogens with one attached hydrogen (secondary N) is 1. The van der Waals surface area contributed by atoms with E-state index in [9.17, 15) is 13.2 Å². The van der Waals surface area contributed by atoms with Crippen molar-refractivity contribution < 1.29 is 13.2 Å². The lowest BCUT2D eigenvalue weighted by Crippen LogP contribution is -2.33. The molecule has 1 saturated heterocycles. The zero-order valence-electron chi connectivity index (χ0n) is 11.0. The first-order chi connectivity index (χ1) is 8.92. The fourth-order valence-electron chi connectivity index (χ4n) is 2.46. The van der Waals surface area contributed by atoms with E-state index in [1.165, 1.54) is 4.90 Å². The molecule has 1 fully saturated rings. The Balaban J connectivity index is 1.65. The van der Waals surface area contributed by atoms with Crippen molar-refractivity contribution in [2.45, 2.75) is 19.1 Å². The molecular weight excluding hydrogens is 257 g/mol. The summed E-state index contributed by atoms with van der Waals surface area (Å²) in [6.45, 7) is 1.75. The van der Waals surface area contributed by atoms with Gasteiger partial charge in [0.05, 0.1) is 12.7 Å². The largest absolute Gasteiger partial charge is 0.401 e. The van der Waals surface area contributed by atoms with Crippen LogP contribution in [0.15, 0.2) is 12.4 Å². The summed E-state index contributed by atoms with van der Waals surface area (Å²) in [5.41, 5.74) is 1.09. The van der Waals surface area contributed by atoms with E-state index in [0.29, 0.717) is 25.6 Å². The van der Waals surface area contributed by atoms with E-state index < -0.39 is 12.7 Å². The molecule has 19 heavy (non-hydrogen) atoms. The molecule has 0 aromatic carbocycles. The highest BCUT2D eigenvalue weighted by atomic mass is 19.4. The molecule has 1 aromatic rings. The average molecular weight is 276 g/mol. The van der Waals surface area contributed by atoms with E-state index in [0.717, 1.165) is 18.5 Å². The van der Waals surface area contributed by atoms with Gasteiger partial charge in [-0.05, 0) is 25.4 Å². The molecule has 0 spiro atoms. The van der Waals surface area contributed by atoms with E-state index in [1.807, 2.05) is 13.2 Å². The fourth-order valence-corrected chi connectivity index (χ4v) is 2.46. The number of likely N-dealkylation sites (tertiary alicyclic amines) is 1. The maximum absolute atomic E-state index is 12.2. The van der Waals surface area contributed by atoms with Crippen molar-refractivity contribution in [3.05, 3.63) is 18.0 Å². The van der Waals surface area contributed by atoms with Crippen LogP contribution in [-0.2, 0) is 13.6 Å². The summed E-state index contributed by atoms with van der Waals surface area (Å²) in [6.07, 6.45) is 0.462. The Morgan fingerprint density at radius 2 is 2.26 bits per heavy atom. The zero-order chi connectivity index (χ0) is 13.9. The second-order valence-electron chi connectivity index (χ2n) is 5.16. The Bertz CT molecular complexity index is 402. The Hall–Kier alpha value is -1.08. The molecular formula is C12H19F3N4. The van der Waals surface area contributed by atoms with Crippen LogP contribution < -0.4 is 5.32 Å². The van der Waals surface area contributed by atoms with Gasteiger partial charge in [0.1, 0.15) is 0 Å². The van der Waals surface area contributed by atoms with Crippen LogP contribution in [-0.4, -0.2) is 47.0 Å². The first kappa shape index (κ1) is 14.3. The predicted octanol–water partition coefficient (Wildman–Crippen LogP) is 1.39. The topological polar surface area (TPSA) is 33.1 Å². The monoisotopic (exact) mass is 276 g/mol. The first-order valence-corrected chi connectivity index (χ1v) is 6.40. The van der Waals surface area contributed by atoms with Crippen molar-refractivity contribution in [2.24, 2.45) is 13.0 Å². The highest BCUT2D eigenvalue weighted by molar-refractivity contribution is 5.02. The maximum Gasteiger partial charge on any atom is 0.401 e. The van der Waals surface area contributed by atoms with Gasteiger partial charge in [0.15, 0.2) is 0 Å². The fraction of sp³-hybridized carbons (Fsp3) is 0.750. The number of hydrogen-bond acceptors (Lipinski definition) is 3. The van der Waals surface area contributed by atoms with Crippen molar-refractivity contribution in [1.29, 1.82) is 0 Å². The number of halogens is 3. The van der Waals surface area contributed by atoms with Crippen LogP contribution in [0.3, 0.4) is 0 Å². The minimum absolute atomic E-state index is 0.305. The van der Waals surface area contributed by atoms with Crippen molar-refractivity contribution >= 4 is 0 Å². The summed E-state index contributed by atoms with van der Waals surface area (Å²) < 4.78 is 38.5. The van der Waals surface area contributed by atoms with E-state index in [-0.39, 0.29) is 0 Å². The van der Waals surface area contributed by atoms with Gasteiger partial charge in [-0.2, -0.15) is 18.3 Å². The van der Waals surface area contributed by atoms with Crippen LogP contribution in [0.25, 0.3) is 0 Å². The molecule has 7 heteroatoms. The Kier molecular flexibility index (Phi) is 4.46. The number of nitrogens with zero attached hydrogens (tertiary/aromatic N) is 3. The Labute approximate surface area is 110 Å². The van der Waals surface area contributed by atoms with Gasteiger partial charge >= 0.3 is 6.18 Å². The normalized spacial score (nSPS) is 21.2. The summed E-state index contributed by atoms with van der Waals surface area (Å²) in [5.74, 6) is 0.305. The maximum atomic E-state index is 12.2. The molecule has 2 rings (SSSR count). The van der Waals surface area contributed by atoms with Crippen LogP contribution in [0.1, 0.15) is 12.0 Å². The lowest BCUT2D eigenvalue weighted by molar-refractivity contribution is -0.143. The molecule has 4 nitrogen and oxygen atoms in total. The molecule has 0 aliphatic carbocycles. The average Bonchev–Trinajstić information content (AvgIpc) is 2.86. The standard InChI is InChI=1S/C12H19F3N4/c1-18-7-11(6-17-18)5-16-4-10-2-3-19(8-10)9-12(13,14)15/h6-7,10,16H,2-5,8-9H2,1H3. The quantitative estimate of drug-likeness (QED) is 0.882. The predicted molar refractivity (Wildman–Crippen MR) is 65.5 cm³/mol. The highest BCUT2D eigenvalue weighted by Crippen LogP contribution is 2.22. The second-order valence-corrected chi connectivity index (χ2v) is 5.16. The molecule has 1 aliphatic heterocycles. The summed E-state index contributed by atoms with van der Waals surface area (Å²) in [7, 11) is 1.86. The minimum Gasteiger partial charge on any atom is -0.312 e. The number of hydrogen-bond donors (Lipinski definition) is 1. The summed E-state index contributed by atoms with van der Waals surface area (Å²) >= 11 is 0. The number of aromatic nitrogens is 2. The zero-order valence-corrected chi connectivity index (χ0v) is 11.0. The molecule has 0 bridgehead atoms. The van der Waals surface area contributed by atoms with Gasteiger partial charge in [0.2, 0.25) is 0 Å². The lowest BCUT2D eigenvalue weighted by Gasteiger charge is -2.17. The molecule has 0 saturated carbocycles. The van der Waals surface area contributed by atoms with Crippen LogP contribution in [0.5, 0.6) is 0 Å². The highest BCUT2D eigenvalue weighted by Gasteiger charge is 2.34. The third-order valence-corrected chi connectivity index (χ3v) is 3.29. The van der Waals surface area contributed by atoms with Gasteiger partial charge in [0, 0.05) is 31.9 Å². The lowest BCUT2D eigenvalue weighted by atomic mass is 10.1. The molecule has 1 aromatic heterocycles. The van der Waals surface area contributed by atoms with Crippen LogP contribution >= 0.6 is 0 Å². The first-order valence-electron chi connectivity index (χ1n) is 6.40. The molecule has 0 radical (unpaired) electrons. The van der Waals surface area contributed by atoms with Gasteiger partial charge in [-0.25, -0.2) is 0 Å². The van der Waals surface area contributed by atoms with E-state index in [2.05, 4.69) is 10.4 Å². The second kappa shape index (κ2) is 5.92. The molecule has 2 heterocycles. The van der Waals surface area contributed by atoms with Crippen LogP contribution in [0.2, 0.25) is 0 Å². The number of aryl methyl sites for hydroxylation is 1. The molecule has 1 unspecified atom stereocenters. The summed E-state index contributed by atoms with van der Waals surface area (Å²) in [6, 6.07) is 0. The smallest absolute Gasteiger partial charge is 0.312 e. The summed E-state index contributed by atoms with van der Waals surface area (Å²) in [5, 5.41) is 7.34. The Morgan fingerprint density at radius 3 is 2.89 bits per heavy atom. The molecule has 1 atom stereocenters. The number of alkyl halides is 3. The van der Waals surface area contributed by atoms with Crippen molar-refractivity contribution in [2.75, 3.05) is 26.2 Å². The molecule has 108 valence electrons. The van der Waals surface area contributed by atoms with E-state index in [4.69, 9.17) is 0 Å². The van der Waals surface area contributed by atoms with Gasteiger partial charge in [-0.1, -0.05) is 0 Å². The van der Waals surface area contributed by atoms with Gasteiger partial charge in [-0.15, -0.1) is 0 Å². The van der Waals surface area contributed by atoms with Crippen molar-refractivity contribution in [1.82, 2.24) is 20.0 Å². The molecule has 1 N–H and O–H groups in total. The summed E-state index contributed by atoms with van der Waals surface area (Å²) in [4.78, 5) is 1.48. The number of rotatable bonds is 5. The minimum atomic E-state index is -4.09. The molecule has 1 aliphatic rings. The Morgan fingerprint density at radius 1 is 1.47 bits per heavy atom. The third-order valence-electron chi connectivity index (χ3n) is 3.29. The van der Waals surface area contributed by atoms with Gasteiger partial charge in [-0.3, -0.25) is 9.58 Å². The SMILES string of the molecule is Cn1cc(CNCC2CCN(CC(F)(F)F)C2)cn1. The van der Waals surface area contributed by atoms with Gasteiger partial charge < -0.3 is 5.32 Å². The van der Waals surface area contributed by atoms with Crippen molar-refractivity contribution in [3.63, 3.8) is 0 Å². The third kappa shape index (κ3) is 4.83. The van der Waals surface area contributed by atoms with E-state index in [1.54, 1.807) is 10.9 Å². The van der Waals surface area contributed by atoms with Crippen LogP contribution in [0, 0.1) is 5.92 Å². The molecule has 0 amide bonds. The van der Waals surface area contributed by atoms with Gasteiger partial charge in [0.25, 0.3) is 0 Å². The van der Waals surface area contributed by atoms with Crippen molar-refractivity contribution in [3.8, 4) is 0 Å². The van der Waals surface area contributed by atoms with E-state index >= 15 is 0 Å². The van der Waals surface area contributed by atoms with Crippen LogP contribution in [0.4, 0.5) is 13.2 Å².